The van der Waals surface area contributed by atoms with Crippen LogP contribution in [0.5, 0.6) is 11.6 Å². The fourth-order valence-electron chi connectivity index (χ4n) is 3.23. The third kappa shape index (κ3) is 2.92. The van der Waals surface area contributed by atoms with Gasteiger partial charge < -0.3 is 19.4 Å². The number of pyridine rings is 2. The van der Waals surface area contributed by atoms with Crippen LogP contribution in [0.1, 0.15) is 6.42 Å². The summed E-state index contributed by atoms with van der Waals surface area (Å²) in [6.07, 6.45) is 1.79. The van der Waals surface area contributed by atoms with Crippen LogP contribution in [0, 0.1) is 11.7 Å². The van der Waals surface area contributed by atoms with Gasteiger partial charge in [-0.3, -0.25) is 4.79 Å². The van der Waals surface area contributed by atoms with E-state index in [0.717, 1.165) is 17.1 Å². The predicted octanol–water partition coefficient (Wildman–Crippen LogP) is 3.09. The molecule has 1 N–H and O–H groups in total. The number of nitrogens with one attached hydrogen (secondary N) is 1. The number of fused-ring (bicyclic) bond motifs is 1. The van der Waals surface area contributed by atoms with Crippen molar-refractivity contribution < 1.29 is 23.0 Å². The van der Waals surface area contributed by atoms with Crippen LogP contribution < -0.4 is 14.8 Å². The fraction of sp³-hybridized carbons (Fsp3) is 0.316. The van der Waals surface area contributed by atoms with Crippen molar-refractivity contribution in [3.63, 3.8) is 0 Å². The number of hydrogen-bond donors (Lipinski definition) is 1. The van der Waals surface area contributed by atoms with Crippen LogP contribution in [0.4, 0.5) is 14.6 Å². The molecule has 1 aliphatic carbocycles. The lowest BCUT2D eigenvalue weighted by molar-refractivity contribution is -0.117. The number of carbonyl (C=O) groups excluding carboxylic acids is 1. The minimum absolute atomic E-state index is 0.0157. The maximum absolute atomic E-state index is 14.2. The van der Waals surface area contributed by atoms with E-state index in [1.54, 1.807) is 29.9 Å². The summed E-state index contributed by atoms with van der Waals surface area (Å²) in [5, 5.41) is 3.38. The van der Waals surface area contributed by atoms with Gasteiger partial charge in [-0.2, -0.15) is 0 Å². The summed E-state index contributed by atoms with van der Waals surface area (Å²) in [7, 11) is 4.60. The third-order valence-electron chi connectivity index (χ3n) is 4.84. The van der Waals surface area contributed by atoms with Crippen molar-refractivity contribution in [2.24, 2.45) is 13.0 Å². The number of anilines is 1. The number of amides is 1. The van der Waals surface area contributed by atoms with Crippen LogP contribution >= 0.6 is 0 Å². The summed E-state index contributed by atoms with van der Waals surface area (Å²) < 4.78 is 39.6. The Morgan fingerprint density at radius 3 is 2.64 bits per heavy atom. The molecule has 1 aliphatic rings. The van der Waals surface area contributed by atoms with E-state index in [4.69, 9.17) is 9.47 Å². The molecule has 4 rings (SSSR count). The summed E-state index contributed by atoms with van der Waals surface area (Å²) in [5.74, 6) is -1.04. The largest absolute Gasteiger partial charge is 0.493 e. The molecule has 1 saturated carbocycles. The monoisotopic (exact) mass is 388 g/mol. The van der Waals surface area contributed by atoms with Crippen molar-refractivity contribution in [2.45, 2.75) is 12.6 Å². The maximum Gasteiger partial charge on any atom is 0.231 e. The number of carbonyl (C=O) groups is 1. The number of rotatable bonds is 5. The molecule has 0 unspecified atom stereocenters. The average molecular weight is 388 g/mol. The first-order chi connectivity index (χ1) is 13.4. The number of aryl methyl sites for hydroxylation is 1. The van der Waals surface area contributed by atoms with Gasteiger partial charge in [-0.15, -0.1) is 0 Å². The molecule has 3 aromatic heterocycles. The van der Waals surface area contributed by atoms with E-state index in [9.17, 15) is 13.6 Å². The second-order valence-electron chi connectivity index (χ2n) is 6.59. The van der Waals surface area contributed by atoms with Gasteiger partial charge in [-0.05, 0) is 18.6 Å². The van der Waals surface area contributed by atoms with Gasteiger partial charge >= 0.3 is 0 Å². The quantitative estimate of drug-likeness (QED) is 0.727. The van der Waals surface area contributed by atoms with E-state index in [-0.39, 0.29) is 24.0 Å². The van der Waals surface area contributed by atoms with E-state index >= 15 is 0 Å². The SMILES string of the molecule is COc1ncc(F)c(OC)c1-c1cc2cc(NC(=O)[C@@H]3C[C@@H]3F)ncc2n1C. The Kier molecular flexibility index (Phi) is 4.37. The molecular formula is C19H18F2N4O3. The van der Waals surface area contributed by atoms with Gasteiger partial charge in [0, 0.05) is 12.4 Å². The topological polar surface area (TPSA) is 78.3 Å². The molecule has 1 amide bonds. The Hall–Kier alpha value is -3.23. The molecule has 0 saturated heterocycles. The lowest BCUT2D eigenvalue weighted by atomic mass is 10.1. The van der Waals surface area contributed by atoms with Crippen molar-refractivity contribution in [1.29, 1.82) is 0 Å². The molecule has 7 nitrogen and oxygen atoms in total. The van der Waals surface area contributed by atoms with Crippen molar-refractivity contribution in [1.82, 2.24) is 14.5 Å². The van der Waals surface area contributed by atoms with Crippen molar-refractivity contribution in [3.05, 3.63) is 30.3 Å². The first-order valence-electron chi connectivity index (χ1n) is 8.61. The number of methoxy groups -OCH3 is 2. The van der Waals surface area contributed by atoms with E-state index in [2.05, 4.69) is 15.3 Å². The van der Waals surface area contributed by atoms with Gasteiger partial charge in [-0.1, -0.05) is 0 Å². The number of hydrogen-bond acceptors (Lipinski definition) is 5. The zero-order valence-electron chi connectivity index (χ0n) is 15.5. The van der Waals surface area contributed by atoms with E-state index in [0.29, 0.717) is 17.1 Å². The van der Waals surface area contributed by atoms with E-state index in [1.807, 2.05) is 0 Å². The fourth-order valence-corrected chi connectivity index (χ4v) is 3.23. The van der Waals surface area contributed by atoms with E-state index in [1.165, 1.54) is 14.2 Å². The predicted molar refractivity (Wildman–Crippen MR) is 98.6 cm³/mol. The molecule has 9 heteroatoms. The number of nitrogens with zero attached hydrogens (tertiary/aromatic N) is 3. The molecule has 0 spiro atoms. The molecule has 0 radical (unpaired) electrons. The Balaban J connectivity index is 1.78. The van der Waals surface area contributed by atoms with E-state index < -0.39 is 17.9 Å². The smallest absolute Gasteiger partial charge is 0.231 e. The van der Waals surface area contributed by atoms with Gasteiger partial charge in [0.25, 0.3) is 0 Å². The van der Waals surface area contributed by atoms with Gasteiger partial charge in [0.15, 0.2) is 11.6 Å². The van der Waals surface area contributed by atoms with Crippen LogP contribution in [0.2, 0.25) is 0 Å². The van der Waals surface area contributed by atoms with Crippen molar-refractivity contribution in [2.75, 3.05) is 19.5 Å². The Bertz CT molecular complexity index is 1080. The van der Waals surface area contributed by atoms with Gasteiger partial charge in [0.05, 0.1) is 43.7 Å². The van der Waals surface area contributed by atoms with Crippen LogP contribution in [0.15, 0.2) is 24.5 Å². The standard InChI is InChI=1S/C19H18F2N4O3/c1-25-13(16-17(27-2)12(21)7-23-19(16)28-3)4-9-5-15(22-8-14(9)25)24-18(26)10-6-11(10)20/h4-5,7-8,10-11H,6H2,1-3H3,(H,22,24,26)/t10-,11+/m1/s1. The highest BCUT2D eigenvalue weighted by atomic mass is 19.1. The van der Waals surface area contributed by atoms with Crippen LogP contribution in [-0.2, 0) is 11.8 Å². The highest BCUT2D eigenvalue weighted by Crippen LogP contribution is 2.41. The molecule has 0 aromatic carbocycles. The average Bonchev–Trinajstić information content (AvgIpc) is 3.33. The lowest BCUT2D eigenvalue weighted by Crippen LogP contribution is -2.15. The van der Waals surface area contributed by atoms with Crippen LogP contribution in [-0.4, -0.2) is 40.8 Å². The summed E-state index contributed by atoms with van der Waals surface area (Å²) in [5.41, 5.74) is 1.72. The summed E-state index contributed by atoms with van der Waals surface area (Å²) >= 11 is 0. The van der Waals surface area contributed by atoms with Crippen LogP contribution in [0.3, 0.4) is 0 Å². The summed E-state index contributed by atoms with van der Waals surface area (Å²) in [6, 6.07) is 3.47. The molecule has 0 aliphatic heterocycles. The van der Waals surface area contributed by atoms with Gasteiger partial charge in [0.1, 0.15) is 17.6 Å². The number of ether oxygens (including phenoxy) is 2. The Morgan fingerprint density at radius 1 is 1.25 bits per heavy atom. The maximum atomic E-state index is 14.2. The lowest BCUT2D eigenvalue weighted by Gasteiger charge is -2.13. The van der Waals surface area contributed by atoms with Crippen LogP contribution in [0.25, 0.3) is 22.2 Å². The number of halogens is 2. The Labute approximate surface area is 159 Å². The second-order valence-corrected chi connectivity index (χ2v) is 6.59. The molecule has 28 heavy (non-hydrogen) atoms. The first kappa shape index (κ1) is 18.1. The number of aromatic nitrogens is 3. The molecule has 1 fully saturated rings. The van der Waals surface area contributed by atoms with Crippen molar-refractivity contribution in [3.8, 4) is 22.9 Å². The third-order valence-corrected chi connectivity index (χ3v) is 4.84. The molecule has 3 aromatic rings. The second kappa shape index (κ2) is 6.74. The highest BCUT2D eigenvalue weighted by molar-refractivity contribution is 5.96. The molecule has 0 bridgehead atoms. The van der Waals surface area contributed by atoms with Gasteiger partial charge in [-0.25, -0.2) is 18.7 Å². The zero-order chi connectivity index (χ0) is 20.0. The minimum atomic E-state index is -1.08. The number of alkyl halides is 1. The first-order valence-corrected chi connectivity index (χ1v) is 8.61. The molecule has 146 valence electrons. The summed E-state index contributed by atoms with van der Waals surface area (Å²) in [6.45, 7) is 0. The van der Waals surface area contributed by atoms with Gasteiger partial charge in [0.2, 0.25) is 11.8 Å². The normalized spacial score (nSPS) is 18.2. The Morgan fingerprint density at radius 2 is 2.00 bits per heavy atom. The molecular weight excluding hydrogens is 370 g/mol. The molecule has 2 atom stereocenters. The highest BCUT2D eigenvalue weighted by Gasteiger charge is 2.43. The zero-order valence-corrected chi connectivity index (χ0v) is 15.5. The minimum Gasteiger partial charge on any atom is -0.493 e. The summed E-state index contributed by atoms with van der Waals surface area (Å²) in [4.78, 5) is 20.1. The molecule has 3 heterocycles. The van der Waals surface area contributed by atoms with Crippen molar-refractivity contribution >= 4 is 22.6 Å².